The number of morpholine rings is 1. The highest BCUT2D eigenvalue weighted by molar-refractivity contribution is 9.09. The van der Waals surface area contributed by atoms with Crippen molar-refractivity contribution in [2.45, 2.75) is 37.3 Å². The Morgan fingerprint density at radius 2 is 2.05 bits per heavy atom. The average molecular weight is 356 g/mol. The number of rotatable bonds is 2. The summed E-state index contributed by atoms with van der Waals surface area (Å²) in [5.74, 6) is 0. The molecule has 0 saturated carbocycles. The molecule has 1 aromatic carbocycles. The molecule has 0 unspecified atom stereocenters. The molecule has 1 amide bonds. The van der Waals surface area contributed by atoms with Crippen LogP contribution in [0.1, 0.15) is 31.2 Å². The molecule has 1 saturated heterocycles. The van der Waals surface area contributed by atoms with E-state index in [1.807, 2.05) is 39.0 Å². The van der Waals surface area contributed by atoms with Crippen molar-refractivity contribution < 1.29 is 14.3 Å². The summed E-state index contributed by atoms with van der Waals surface area (Å²) >= 11 is 3.68. The number of hydrogen-bond donors (Lipinski definition) is 0. The maximum absolute atomic E-state index is 12.2. The number of alkyl halides is 1. The number of hydrogen-bond acceptors (Lipinski definition) is 3. The number of ether oxygens (including phenoxy) is 2. The van der Waals surface area contributed by atoms with Crippen LogP contribution in [0, 0.1) is 0 Å². The first-order valence-corrected chi connectivity index (χ1v) is 8.07. The van der Waals surface area contributed by atoms with Crippen molar-refractivity contribution >= 4 is 22.0 Å². The van der Waals surface area contributed by atoms with E-state index in [-0.39, 0.29) is 17.0 Å². The monoisotopic (exact) mass is 355 g/mol. The van der Waals surface area contributed by atoms with E-state index >= 15 is 0 Å². The van der Waals surface area contributed by atoms with E-state index in [2.05, 4.69) is 28.1 Å². The van der Waals surface area contributed by atoms with Crippen LogP contribution < -0.4 is 0 Å². The standard InChI is InChI=1S/C16H22BrNO3/c1-16(2,3)21-15(19)18-9-10-20-13(11-18)14(17)12-7-5-4-6-8-12/h4-8,13-14H,9-11H2,1-3H3/t13-,14+/m0/s1. The molecule has 21 heavy (non-hydrogen) atoms. The third-order valence-electron chi connectivity index (χ3n) is 3.19. The van der Waals surface area contributed by atoms with Crippen LogP contribution in [0.3, 0.4) is 0 Å². The minimum atomic E-state index is -0.474. The molecule has 0 aliphatic carbocycles. The lowest BCUT2D eigenvalue weighted by Crippen LogP contribution is -2.48. The van der Waals surface area contributed by atoms with E-state index in [1.54, 1.807) is 4.90 Å². The summed E-state index contributed by atoms with van der Waals surface area (Å²) < 4.78 is 11.2. The quantitative estimate of drug-likeness (QED) is 0.758. The summed E-state index contributed by atoms with van der Waals surface area (Å²) in [6.07, 6.45) is -0.350. The van der Waals surface area contributed by atoms with Gasteiger partial charge in [0.05, 0.1) is 24.1 Å². The molecule has 2 atom stereocenters. The Morgan fingerprint density at radius 3 is 2.67 bits per heavy atom. The Hall–Kier alpha value is -1.07. The number of nitrogens with zero attached hydrogens (tertiary/aromatic N) is 1. The molecule has 5 heteroatoms. The van der Waals surface area contributed by atoms with Crippen LogP contribution in [0.25, 0.3) is 0 Å². The zero-order chi connectivity index (χ0) is 15.5. The molecule has 116 valence electrons. The Morgan fingerprint density at radius 1 is 1.38 bits per heavy atom. The molecule has 1 aliphatic rings. The minimum absolute atomic E-state index is 0.0592. The van der Waals surface area contributed by atoms with Gasteiger partial charge in [0.2, 0.25) is 0 Å². The molecule has 1 fully saturated rings. The fraction of sp³-hybridized carbons (Fsp3) is 0.562. The van der Waals surface area contributed by atoms with E-state index in [0.29, 0.717) is 19.7 Å². The van der Waals surface area contributed by atoms with Gasteiger partial charge in [-0.25, -0.2) is 4.79 Å². The normalized spacial score (nSPS) is 21.0. The summed E-state index contributed by atoms with van der Waals surface area (Å²) in [4.78, 5) is 13.9. The fourth-order valence-electron chi connectivity index (χ4n) is 2.20. The van der Waals surface area contributed by atoms with Crippen LogP contribution in [0.5, 0.6) is 0 Å². The summed E-state index contributed by atoms with van der Waals surface area (Å²) in [5, 5.41) is 0. The van der Waals surface area contributed by atoms with Gasteiger partial charge in [-0.3, -0.25) is 0 Å². The Bertz CT molecular complexity index is 472. The third-order valence-corrected chi connectivity index (χ3v) is 4.31. The maximum Gasteiger partial charge on any atom is 0.410 e. The van der Waals surface area contributed by atoms with Gasteiger partial charge >= 0.3 is 6.09 Å². The predicted molar refractivity (Wildman–Crippen MR) is 85.7 cm³/mol. The van der Waals surface area contributed by atoms with E-state index in [4.69, 9.17) is 9.47 Å². The molecule has 1 aromatic rings. The summed E-state index contributed by atoms with van der Waals surface area (Å²) in [6.45, 7) is 7.25. The molecule has 0 radical (unpaired) electrons. The second kappa shape index (κ2) is 6.79. The van der Waals surface area contributed by atoms with Crippen molar-refractivity contribution in [3.05, 3.63) is 35.9 Å². The first kappa shape index (κ1) is 16.3. The fourth-order valence-corrected chi connectivity index (χ4v) is 2.82. The molecular weight excluding hydrogens is 334 g/mol. The van der Waals surface area contributed by atoms with Crippen LogP contribution in [-0.4, -0.2) is 42.4 Å². The Labute approximate surface area is 134 Å². The smallest absolute Gasteiger partial charge is 0.410 e. The molecule has 1 heterocycles. The number of amides is 1. The van der Waals surface area contributed by atoms with E-state index in [9.17, 15) is 4.79 Å². The number of halogens is 1. The van der Waals surface area contributed by atoms with E-state index in [0.717, 1.165) is 5.56 Å². The van der Waals surface area contributed by atoms with Gasteiger partial charge in [-0.05, 0) is 26.3 Å². The predicted octanol–water partition coefficient (Wildman–Crippen LogP) is 3.76. The average Bonchev–Trinajstić information content (AvgIpc) is 2.46. The Kier molecular flexibility index (Phi) is 5.27. The number of benzene rings is 1. The lowest BCUT2D eigenvalue weighted by atomic mass is 10.1. The van der Waals surface area contributed by atoms with Gasteiger partial charge in [-0.15, -0.1) is 0 Å². The summed E-state index contributed by atoms with van der Waals surface area (Å²) in [5.41, 5.74) is 0.673. The van der Waals surface area contributed by atoms with Crippen molar-refractivity contribution in [1.82, 2.24) is 4.90 Å². The molecule has 0 N–H and O–H groups in total. The highest BCUT2D eigenvalue weighted by Crippen LogP contribution is 2.30. The highest BCUT2D eigenvalue weighted by atomic mass is 79.9. The zero-order valence-corrected chi connectivity index (χ0v) is 14.3. The zero-order valence-electron chi connectivity index (χ0n) is 12.7. The van der Waals surface area contributed by atoms with Crippen molar-refractivity contribution in [3.8, 4) is 0 Å². The van der Waals surface area contributed by atoms with Crippen LogP contribution >= 0.6 is 15.9 Å². The van der Waals surface area contributed by atoms with E-state index in [1.165, 1.54) is 0 Å². The molecule has 2 rings (SSSR count). The summed E-state index contributed by atoms with van der Waals surface area (Å²) in [6, 6.07) is 10.1. The van der Waals surface area contributed by atoms with Crippen molar-refractivity contribution in [1.29, 1.82) is 0 Å². The minimum Gasteiger partial charge on any atom is -0.444 e. The topological polar surface area (TPSA) is 38.8 Å². The summed E-state index contributed by atoms with van der Waals surface area (Å²) in [7, 11) is 0. The lowest BCUT2D eigenvalue weighted by molar-refractivity contribution is -0.0419. The first-order chi connectivity index (χ1) is 9.87. The highest BCUT2D eigenvalue weighted by Gasteiger charge is 2.32. The molecule has 0 bridgehead atoms. The maximum atomic E-state index is 12.2. The number of carbonyl (C=O) groups is 1. The van der Waals surface area contributed by atoms with Crippen LogP contribution in [0.15, 0.2) is 30.3 Å². The second-order valence-electron chi connectivity index (χ2n) is 6.15. The molecule has 4 nitrogen and oxygen atoms in total. The first-order valence-electron chi connectivity index (χ1n) is 7.15. The van der Waals surface area contributed by atoms with Crippen LogP contribution in [0.2, 0.25) is 0 Å². The van der Waals surface area contributed by atoms with E-state index < -0.39 is 5.60 Å². The van der Waals surface area contributed by atoms with Gasteiger partial charge in [0, 0.05) is 6.54 Å². The molecular formula is C16H22BrNO3. The lowest BCUT2D eigenvalue weighted by Gasteiger charge is -2.36. The van der Waals surface area contributed by atoms with Crippen LogP contribution in [0.4, 0.5) is 4.79 Å². The SMILES string of the molecule is CC(C)(C)OC(=O)N1CCO[C@H]([C@H](Br)c2ccccc2)C1. The van der Waals surface area contributed by atoms with Gasteiger partial charge in [0.1, 0.15) is 5.60 Å². The van der Waals surface area contributed by atoms with Gasteiger partial charge in [0.25, 0.3) is 0 Å². The third kappa shape index (κ3) is 4.71. The Balaban J connectivity index is 1.99. The second-order valence-corrected chi connectivity index (χ2v) is 7.13. The number of carbonyl (C=O) groups excluding carboxylic acids is 1. The van der Waals surface area contributed by atoms with Gasteiger partial charge in [-0.1, -0.05) is 46.3 Å². The van der Waals surface area contributed by atoms with Gasteiger partial charge in [0.15, 0.2) is 0 Å². The molecule has 1 aliphatic heterocycles. The van der Waals surface area contributed by atoms with Crippen molar-refractivity contribution in [2.24, 2.45) is 0 Å². The van der Waals surface area contributed by atoms with Gasteiger partial charge in [-0.2, -0.15) is 0 Å². The van der Waals surface area contributed by atoms with Crippen molar-refractivity contribution in [3.63, 3.8) is 0 Å². The van der Waals surface area contributed by atoms with Crippen LogP contribution in [-0.2, 0) is 9.47 Å². The molecule has 0 aromatic heterocycles. The largest absolute Gasteiger partial charge is 0.444 e. The molecule has 0 spiro atoms. The van der Waals surface area contributed by atoms with Gasteiger partial charge < -0.3 is 14.4 Å². The van der Waals surface area contributed by atoms with Crippen molar-refractivity contribution in [2.75, 3.05) is 19.7 Å².